The van der Waals surface area contributed by atoms with Gasteiger partial charge in [0, 0.05) is 24.0 Å². The number of benzene rings is 3. The molecule has 6 heteroatoms. The molecule has 3 aromatic carbocycles. The summed E-state index contributed by atoms with van der Waals surface area (Å²) in [4.78, 5) is 9.73. The van der Waals surface area contributed by atoms with Crippen molar-refractivity contribution >= 4 is 5.84 Å². The van der Waals surface area contributed by atoms with Crippen LogP contribution in [0.5, 0.6) is 5.88 Å². The fraction of sp³-hybridized carbons (Fsp3) is 0.281. The van der Waals surface area contributed by atoms with E-state index in [0.29, 0.717) is 18.9 Å². The molecule has 0 unspecified atom stereocenters. The van der Waals surface area contributed by atoms with E-state index in [-0.39, 0.29) is 12.4 Å². The zero-order valence-electron chi connectivity index (χ0n) is 22.2. The van der Waals surface area contributed by atoms with Gasteiger partial charge < -0.3 is 15.6 Å². The molecule has 1 heterocycles. The second kappa shape index (κ2) is 13.0. The molecule has 196 valence electrons. The lowest BCUT2D eigenvalue weighted by atomic mass is 9.98. The number of nitrogen functional groups attached to an aromatic ring is 1. The van der Waals surface area contributed by atoms with Crippen molar-refractivity contribution in [2.45, 2.75) is 59.2 Å². The number of hydrogen-bond donors (Lipinski definition) is 3. The molecule has 0 aliphatic heterocycles. The fourth-order valence-corrected chi connectivity index (χ4v) is 4.46. The molecule has 38 heavy (non-hydrogen) atoms. The fourth-order valence-electron chi connectivity index (χ4n) is 4.46. The minimum Gasteiger partial charge on any atom is -0.472 e. The van der Waals surface area contributed by atoms with Gasteiger partial charge in [0.25, 0.3) is 0 Å². The minimum atomic E-state index is 0.0310. The zero-order chi connectivity index (χ0) is 26.9. The molecule has 0 saturated carbocycles. The summed E-state index contributed by atoms with van der Waals surface area (Å²) in [6.07, 6.45) is 4.41. The van der Waals surface area contributed by atoms with E-state index < -0.39 is 0 Å². The highest BCUT2D eigenvalue weighted by Gasteiger charge is 2.16. The van der Waals surface area contributed by atoms with E-state index in [0.717, 1.165) is 76.1 Å². The molecular formula is C32H36N4O2. The summed E-state index contributed by atoms with van der Waals surface area (Å²) in [6.45, 7) is 4.70. The highest BCUT2D eigenvalue weighted by molar-refractivity contribution is 6.01. The number of nitrogens with one attached hydrogen (secondary N) is 1. The molecule has 1 aromatic heterocycles. The number of aliphatic hydroxyl groups excluding tert-OH is 1. The number of unbranched alkanes of at least 4 members (excludes halogenated alkanes) is 1. The summed E-state index contributed by atoms with van der Waals surface area (Å²) >= 11 is 0. The number of hydrogen-bond acceptors (Lipinski definition) is 5. The van der Waals surface area contributed by atoms with Crippen molar-refractivity contribution < 1.29 is 9.84 Å². The SMILES string of the molecule is CCCCc1nc(CC)c(Cc2ccc(CO)cc2)c(OCc2ccc(-c3ccccc3C(=N)N)cc2)n1. The first kappa shape index (κ1) is 27.0. The van der Waals surface area contributed by atoms with Gasteiger partial charge in [0.2, 0.25) is 5.88 Å². The van der Waals surface area contributed by atoms with Gasteiger partial charge in [-0.2, -0.15) is 4.98 Å². The molecule has 0 spiro atoms. The van der Waals surface area contributed by atoms with Gasteiger partial charge in [-0.05, 0) is 40.7 Å². The number of aliphatic hydroxyl groups is 1. The maximum atomic E-state index is 9.39. The molecular weight excluding hydrogens is 472 g/mol. The molecule has 0 aliphatic rings. The smallest absolute Gasteiger partial charge is 0.220 e. The molecule has 4 aromatic rings. The maximum Gasteiger partial charge on any atom is 0.220 e. The molecule has 0 aliphatic carbocycles. The van der Waals surface area contributed by atoms with E-state index >= 15 is 0 Å². The van der Waals surface area contributed by atoms with E-state index in [2.05, 4.69) is 13.8 Å². The molecule has 0 fully saturated rings. The first-order valence-corrected chi connectivity index (χ1v) is 13.2. The van der Waals surface area contributed by atoms with Crippen LogP contribution < -0.4 is 10.5 Å². The Kier molecular flexibility index (Phi) is 9.22. The Morgan fingerprint density at radius 1 is 0.895 bits per heavy atom. The van der Waals surface area contributed by atoms with Crippen molar-refractivity contribution in [2.24, 2.45) is 5.73 Å². The lowest BCUT2D eigenvalue weighted by Gasteiger charge is -2.16. The molecule has 6 nitrogen and oxygen atoms in total. The van der Waals surface area contributed by atoms with Crippen LogP contribution in [0.25, 0.3) is 11.1 Å². The summed E-state index contributed by atoms with van der Waals surface area (Å²) in [5, 5.41) is 17.3. The molecule has 4 rings (SSSR count). The Hall–Kier alpha value is -4.03. The van der Waals surface area contributed by atoms with Gasteiger partial charge in [0.15, 0.2) is 0 Å². The average Bonchev–Trinajstić information content (AvgIpc) is 2.96. The number of nitrogens with two attached hydrogens (primary N) is 1. The summed E-state index contributed by atoms with van der Waals surface area (Å²) < 4.78 is 6.37. The largest absolute Gasteiger partial charge is 0.472 e. The number of rotatable bonds is 12. The van der Waals surface area contributed by atoms with Crippen LogP contribution in [0, 0.1) is 5.41 Å². The first-order valence-electron chi connectivity index (χ1n) is 13.2. The normalized spacial score (nSPS) is 10.9. The van der Waals surface area contributed by atoms with Crippen molar-refractivity contribution in [1.29, 1.82) is 5.41 Å². The van der Waals surface area contributed by atoms with E-state index in [1.807, 2.05) is 72.8 Å². The molecule has 0 atom stereocenters. The lowest BCUT2D eigenvalue weighted by molar-refractivity contribution is 0.282. The third-order valence-electron chi connectivity index (χ3n) is 6.63. The van der Waals surface area contributed by atoms with Crippen LogP contribution >= 0.6 is 0 Å². The van der Waals surface area contributed by atoms with Gasteiger partial charge in [0.05, 0.1) is 12.3 Å². The third-order valence-corrected chi connectivity index (χ3v) is 6.63. The second-order valence-electron chi connectivity index (χ2n) is 9.42. The predicted octanol–water partition coefficient (Wildman–Crippen LogP) is 5.99. The van der Waals surface area contributed by atoms with Crippen LogP contribution in [0.3, 0.4) is 0 Å². The Bertz CT molecular complexity index is 1370. The van der Waals surface area contributed by atoms with Crippen LogP contribution in [0.15, 0.2) is 72.8 Å². The Balaban J connectivity index is 1.59. The van der Waals surface area contributed by atoms with Crippen LogP contribution in [0.1, 0.15) is 66.0 Å². The van der Waals surface area contributed by atoms with Crippen LogP contribution in [-0.2, 0) is 32.5 Å². The summed E-state index contributed by atoms with van der Waals surface area (Å²) in [7, 11) is 0. The van der Waals surface area contributed by atoms with Gasteiger partial charge in [-0.1, -0.05) is 93.1 Å². The van der Waals surface area contributed by atoms with Crippen molar-refractivity contribution in [3.05, 3.63) is 112 Å². The zero-order valence-corrected chi connectivity index (χ0v) is 22.2. The molecule has 0 radical (unpaired) electrons. The van der Waals surface area contributed by atoms with E-state index in [1.54, 1.807) is 0 Å². The van der Waals surface area contributed by atoms with Crippen molar-refractivity contribution in [2.75, 3.05) is 0 Å². The number of ether oxygens (including phenoxy) is 1. The third kappa shape index (κ3) is 6.64. The predicted molar refractivity (Wildman–Crippen MR) is 152 cm³/mol. The minimum absolute atomic E-state index is 0.0310. The van der Waals surface area contributed by atoms with Crippen LogP contribution in [-0.4, -0.2) is 20.9 Å². The highest BCUT2D eigenvalue weighted by Crippen LogP contribution is 2.27. The molecule has 4 N–H and O–H groups in total. The Morgan fingerprint density at radius 2 is 1.58 bits per heavy atom. The molecule has 0 amide bonds. The van der Waals surface area contributed by atoms with E-state index in [4.69, 9.17) is 25.8 Å². The first-order chi connectivity index (χ1) is 18.5. The summed E-state index contributed by atoms with van der Waals surface area (Å²) in [5.41, 5.74) is 13.5. The lowest BCUT2D eigenvalue weighted by Crippen LogP contribution is -2.12. The second-order valence-corrected chi connectivity index (χ2v) is 9.42. The molecule has 0 bridgehead atoms. The number of amidine groups is 1. The van der Waals surface area contributed by atoms with Crippen molar-refractivity contribution in [3.63, 3.8) is 0 Å². The van der Waals surface area contributed by atoms with Gasteiger partial charge in [-0.15, -0.1) is 0 Å². The van der Waals surface area contributed by atoms with Gasteiger partial charge in [0.1, 0.15) is 18.3 Å². The van der Waals surface area contributed by atoms with Gasteiger partial charge in [-0.3, -0.25) is 5.41 Å². The van der Waals surface area contributed by atoms with Gasteiger partial charge >= 0.3 is 0 Å². The van der Waals surface area contributed by atoms with Crippen LogP contribution in [0.2, 0.25) is 0 Å². The monoisotopic (exact) mass is 508 g/mol. The maximum absolute atomic E-state index is 9.39. The van der Waals surface area contributed by atoms with E-state index in [9.17, 15) is 5.11 Å². The Morgan fingerprint density at radius 3 is 2.24 bits per heavy atom. The summed E-state index contributed by atoms with van der Waals surface area (Å²) in [6, 6.07) is 23.8. The highest BCUT2D eigenvalue weighted by atomic mass is 16.5. The average molecular weight is 509 g/mol. The van der Waals surface area contributed by atoms with Crippen LogP contribution in [0.4, 0.5) is 0 Å². The quantitative estimate of drug-likeness (QED) is 0.161. The number of nitrogens with zero attached hydrogens (tertiary/aromatic N) is 2. The van der Waals surface area contributed by atoms with Gasteiger partial charge in [-0.25, -0.2) is 4.98 Å². The number of aromatic nitrogens is 2. The number of aryl methyl sites for hydroxylation is 2. The topological polar surface area (TPSA) is 105 Å². The summed E-state index contributed by atoms with van der Waals surface area (Å²) in [5.74, 6) is 1.52. The Labute approximate surface area is 225 Å². The van der Waals surface area contributed by atoms with Crippen molar-refractivity contribution in [1.82, 2.24) is 9.97 Å². The molecule has 0 saturated heterocycles. The van der Waals surface area contributed by atoms with Crippen molar-refractivity contribution in [3.8, 4) is 17.0 Å². The van der Waals surface area contributed by atoms with E-state index in [1.165, 1.54) is 0 Å². The standard InChI is InChI=1S/C32H36N4O2/c1-3-5-10-30-35-29(4-2)28(19-22-11-13-23(20-37)14-12-22)32(36-30)38-21-24-15-17-25(18-16-24)26-8-6-7-9-27(26)31(33)34/h6-9,11-18,37H,3-5,10,19-21H2,1-2H3,(H3,33,34).